The highest BCUT2D eigenvalue weighted by molar-refractivity contribution is 7.99. The van der Waals surface area contributed by atoms with Gasteiger partial charge in [-0.15, -0.1) is 11.3 Å². The van der Waals surface area contributed by atoms with Crippen molar-refractivity contribution in [3.05, 3.63) is 50.6 Å². The lowest BCUT2D eigenvalue weighted by molar-refractivity contribution is -0.113. The zero-order chi connectivity index (χ0) is 21.8. The van der Waals surface area contributed by atoms with Crippen molar-refractivity contribution in [2.24, 2.45) is 0 Å². The van der Waals surface area contributed by atoms with Gasteiger partial charge in [0.25, 0.3) is 5.56 Å². The van der Waals surface area contributed by atoms with Crippen molar-refractivity contribution in [3.8, 4) is 6.07 Å². The van der Waals surface area contributed by atoms with E-state index in [9.17, 15) is 14.9 Å². The largest absolute Gasteiger partial charge is 0.383 e. The number of anilines is 1. The number of benzene rings is 1. The summed E-state index contributed by atoms with van der Waals surface area (Å²) >= 11 is 2.71. The fraction of sp³-hybridized carbons (Fsp3) is 0.364. The molecule has 0 fully saturated rings. The molecule has 4 rings (SSSR count). The maximum atomic E-state index is 12.9. The number of aryl methyl sites for hydroxylation is 1. The Bertz CT molecular complexity index is 1230. The highest BCUT2D eigenvalue weighted by Gasteiger charge is 2.22. The number of thioether (sulfide) groups is 1. The predicted octanol–water partition coefficient (Wildman–Crippen LogP) is 3.59. The van der Waals surface area contributed by atoms with Crippen LogP contribution in [-0.4, -0.2) is 34.9 Å². The van der Waals surface area contributed by atoms with Gasteiger partial charge < -0.3 is 10.1 Å². The standard InChI is InChI=1S/C22H22N4O3S2/c1-29-11-10-26-21(28)15-7-2-4-8-17(15)24-22(26)30-13-19(27)25-20-16(12-23)14-6-3-5-9-18(14)31-20/h2,4,7-8H,3,5-6,9-11,13H2,1H3,(H,25,27). The first kappa shape index (κ1) is 21.6. The molecule has 0 saturated heterocycles. The summed E-state index contributed by atoms with van der Waals surface area (Å²) in [5.41, 5.74) is 2.13. The van der Waals surface area contributed by atoms with E-state index in [0.29, 0.717) is 39.8 Å². The summed E-state index contributed by atoms with van der Waals surface area (Å²) in [7, 11) is 1.58. The fourth-order valence-corrected chi connectivity index (χ4v) is 5.78. The lowest BCUT2D eigenvalue weighted by atomic mass is 9.96. The number of thiophene rings is 1. The number of fused-ring (bicyclic) bond motifs is 2. The Morgan fingerprint density at radius 3 is 2.97 bits per heavy atom. The Morgan fingerprint density at radius 1 is 1.35 bits per heavy atom. The molecule has 1 aromatic carbocycles. The first-order valence-corrected chi connectivity index (χ1v) is 11.9. The van der Waals surface area contributed by atoms with Crippen LogP contribution in [0.2, 0.25) is 0 Å². The molecule has 0 radical (unpaired) electrons. The number of nitriles is 1. The topological polar surface area (TPSA) is 97.0 Å². The quantitative estimate of drug-likeness (QED) is 0.433. The van der Waals surface area contributed by atoms with Gasteiger partial charge in [-0.2, -0.15) is 5.26 Å². The number of aromatic nitrogens is 2. The highest BCUT2D eigenvalue weighted by Crippen LogP contribution is 2.37. The van der Waals surface area contributed by atoms with Gasteiger partial charge in [0.2, 0.25) is 5.91 Å². The number of amides is 1. The van der Waals surface area contributed by atoms with Gasteiger partial charge in [0.1, 0.15) is 11.1 Å². The average molecular weight is 455 g/mol. The van der Waals surface area contributed by atoms with Crippen LogP contribution in [-0.2, 0) is 28.9 Å². The summed E-state index contributed by atoms with van der Waals surface area (Å²) in [6.07, 6.45) is 4.06. The number of hydrogen-bond donors (Lipinski definition) is 1. The number of rotatable bonds is 7. The van der Waals surface area contributed by atoms with E-state index < -0.39 is 0 Å². The van der Waals surface area contributed by atoms with Gasteiger partial charge in [-0.25, -0.2) is 4.98 Å². The van der Waals surface area contributed by atoms with E-state index in [0.717, 1.165) is 31.2 Å². The van der Waals surface area contributed by atoms with Gasteiger partial charge in [-0.05, 0) is 43.4 Å². The molecule has 1 amide bonds. The number of para-hydroxylation sites is 1. The number of hydrogen-bond acceptors (Lipinski definition) is 7. The normalized spacial score (nSPS) is 13.0. The summed E-state index contributed by atoms with van der Waals surface area (Å²) in [5.74, 6) is -0.133. The van der Waals surface area contributed by atoms with Gasteiger partial charge in [0.15, 0.2) is 5.16 Å². The van der Waals surface area contributed by atoms with Gasteiger partial charge in [0.05, 0.1) is 35.4 Å². The Hall–Kier alpha value is -2.67. The van der Waals surface area contributed by atoms with Crippen LogP contribution in [0.3, 0.4) is 0 Å². The molecule has 0 bridgehead atoms. The Morgan fingerprint density at radius 2 is 2.16 bits per heavy atom. The highest BCUT2D eigenvalue weighted by atomic mass is 32.2. The molecule has 1 aliphatic carbocycles. The number of methoxy groups -OCH3 is 1. The van der Waals surface area contributed by atoms with E-state index in [4.69, 9.17) is 4.74 Å². The first-order valence-electron chi connectivity index (χ1n) is 10.1. The Kier molecular flexibility index (Phi) is 6.70. The molecular formula is C22H22N4O3S2. The molecule has 0 spiro atoms. The molecule has 0 unspecified atom stereocenters. The smallest absolute Gasteiger partial charge is 0.262 e. The molecule has 31 heavy (non-hydrogen) atoms. The second-order valence-corrected chi connectivity index (χ2v) is 9.27. The predicted molar refractivity (Wildman–Crippen MR) is 123 cm³/mol. The SMILES string of the molecule is COCCn1c(SCC(=O)Nc2sc3c(c2C#N)CCCC3)nc2ccccc2c1=O. The Labute approximate surface area is 188 Å². The Balaban J connectivity index is 1.54. The summed E-state index contributed by atoms with van der Waals surface area (Å²) in [5, 5.41) is 14.1. The minimum atomic E-state index is -0.221. The van der Waals surface area contributed by atoms with Crippen molar-refractivity contribution in [1.29, 1.82) is 5.26 Å². The summed E-state index contributed by atoms with van der Waals surface area (Å²) in [6.45, 7) is 0.722. The average Bonchev–Trinajstić information content (AvgIpc) is 3.14. The van der Waals surface area contributed by atoms with Crippen LogP contribution in [0, 0.1) is 11.3 Å². The zero-order valence-electron chi connectivity index (χ0n) is 17.1. The van der Waals surface area contributed by atoms with Crippen LogP contribution < -0.4 is 10.9 Å². The number of nitrogens with zero attached hydrogens (tertiary/aromatic N) is 3. The van der Waals surface area contributed by atoms with Crippen molar-refractivity contribution in [1.82, 2.24) is 9.55 Å². The fourth-order valence-electron chi connectivity index (χ4n) is 3.70. The lowest BCUT2D eigenvalue weighted by Gasteiger charge is -2.12. The minimum absolute atomic E-state index is 0.0885. The lowest BCUT2D eigenvalue weighted by Crippen LogP contribution is -2.26. The van der Waals surface area contributed by atoms with Crippen LogP contribution in [0.15, 0.2) is 34.2 Å². The van der Waals surface area contributed by atoms with E-state index in [1.54, 1.807) is 29.9 Å². The maximum absolute atomic E-state index is 12.9. The van der Waals surface area contributed by atoms with Crippen LogP contribution >= 0.6 is 23.1 Å². The molecule has 3 aromatic rings. The van der Waals surface area contributed by atoms with Crippen LogP contribution in [0.25, 0.3) is 10.9 Å². The maximum Gasteiger partial charge on any atom is 0.262 e. The number of nitrogens with one attached hydrogen (secondary N) is 1. The van der Waals surface area contributed by atoms with Crippen molar-refractivity contribution in [3.63, 3.8) is 0 Å². The second-order valence-electron chi connectivity index (χ2n) is 7.22. The third-order valence-corrected chi connectivity index (χ3v) is 7.40. The third kappa shape index (κ3) is 4.51. The monoisotopic (exact) mass is 454 g/mol. The molecule has 0 atom stereocenters. The molecule has 7 nitrogen and oxygen atoms in total. The molecule has 0 saturated carbocycles. The molecule has 160 valence electrons. The number of ether oxygens (including phenoxy) is 1. The van der Waals surface area contributed by atoms with E-state index >= 15 is 0 Å². The minimum Gasteiger partial charge on any atom is -0.383 e. The second kappa shape index (κ2) is 9.64. The van der Waals surface area contributed by atoms with Crippen molar-refractivity contribution in [2.75, 3.05) is 24.8 Å². The number of carbonyl (C=O) groups excluding carboxylic acids is 1. The van der Waals surface area contributed by atoms with E-state index in [1.807, 2.05) is 6.07 Å². The number of carbonyl (C=O) groups is 1. The summed E-state index contributed by atoms with van der Waals surface area (Å²) < 4.78 is 6.68. The van der Waals surface area contributed by atoms with E-state index in [-0.39, 0.29) is 17.2 Å². The van der Waals surface area contributed by atoms with Crippen molar-refractivity contribution >= 4 is 44.9 Å². The van der Waals surface area contributed by atoms with Gasteiger partial charge in [0, 0.05) is 12.0 Å². The molecule has 2 heterocycles. The van der Waals surface area contributed by atoms with Crippen LogP contribution in [0.4, 0.5) is 5.00 Å². The van der Waals surface area contributed by atoms with Crippen LogP contribution in [0.1, 0.15) is 28.8 Å². The molecule has 2 aromatic heterocycles. The molecule has 0 aliphatic heterocycles. The molecule has 1 N–H and O–H groups in total. The van der Waals surface area contributed by atoms with Crippen molar-refractivity contribution < 1.29 is 9.53 Å². The van der Waals surface area contributed by atoms with Gasteiger partial charge >= 0.3 is 0 Å². The molecular weight excluding hydrogens is 432 g/mol. The van der Waals surface area contributed by atoms with E-state index in [2.05, 4.69) is 16.4 Å². The van der Waals surface area contributed by atoms with E-state index in [1.165, 1.54) is 28.0 Å². The summed E-state index contributed by atoms with van der Waals surface area (Å²) in [6, 6.07) is 9.43. The third-order valence-electron chi connectivity index (χ3n) is 5.21. The summed E-state index contributed by atoms with van der Waals surface area (Å²) in [4.78, 5) is 31.4. The van der Waals surface area contributed by atoms with Crippen LogP contribution in [0.5, 0.6) is 0 Å². The van der Waals surface area contributed by atoms with Crippen molar-refractivity contribution in [2.45, 2.75) is 37.4 Å². The van der Waals surface area contributed by atoms with Gasteiger partial charge in [-0.3, -0.25) is 14.2 Å². The molecule has 1 aliphatic rings. The van der Waals surface area contributed by atoms with Gasteiger partial charge in [-0.1, -0.05) is 23.9 Å². The first-order chi connectivity index (χ1) is 15.1. The molecule has 9 heteroatoms. The zero-order valence-corrected chi connectivity index (χ0v) is 18.8.